The number of ether oxygens (including phenoxy) is 1. The van der Waals surface area contributed by atoms with Gasteiger partial charge in [0, 0.05) is 7.11 Å². The summed E-state index contributed by atoms with van der Waals surface area (Å²) in [6, 6.07) is 0. The largest absolute Gasteiger partial charge is 0.472 e. The molecule has 0 aliphatic heterocycles. The molecule has 0 aromatic rings. The van der Waals surface area contributed by atoms with Crippen molar-refractivity contribution in [3.8, 4) is 0 Å². The summed E-state index contributed by atoms with van der Waals surface area (Å²) in [6.45, 7) is 0. The Bertz CT molecular complexity index is 163. The van der Waals surface area contributed by atoms with E-state index in [1.54, 1.807) is 0 Å². The van der Waals surface area contributed by atoms with Crippen molar-refractivity contribution >= 4 is 31.8 Å². The molecule has 0 aliphatic carbocycles. The number of hydrogen-bond acceptors (Lipinski definition) is 3. The molecular formula is C3H8Cl2FO5P. The summed E-state index contributed by atoms with van der Waals surface area (Å²) in [6.07, 6.45) is -2.34. The molecule has 0 aliphatic rings. The van der Waals surface area contributed by atoms with E-state index in [9.17, 15) is 8.96 Å². The smallest absolute Gasteiger partial charge is 0.360 e. The summed E-state index contributed by atoms with van der Waals surface area (Å²) in [5.74, 6) is 0. The van der Waals surface area contributed by atoms with Crippen molar-refractivity contribution in [2.75, 3.05) is 7.11 Å². The van der Waals surface area contributed by atoms with Crippen LogP contribution in [0.25, 0.3) is 0 Å². The lowest BCUT2D eigenvalue weighted by atomic mass is 10.7. The molecule has 0 rings (SSSR count). The minimum absolute atomic E-state index is 0. The molecule has 2 atom stereocenters. The Morgan fingerprint density at radius 1 is 1.58 bits per heavy atom. The highest BCUT2D eigenvalue weighted by atomic mass is 35.5. The van der Waals surface area contributed by atoms with Gasteiger partial charge in [0.05, 0.1) is 0 Å². The molecule has 12 heavy (non-hydrogen) atoms. The zero-order valence-electron chi connectivity index (χ0n) is 5.89. The molecule has 0 heterocycles. The van der Waals surface area contributed by atoms with Crippen LogP contribution < -0.4 is 0 Å². The Balaban J connectivity index is 0. The molecule has 2 unspecified atom stereocenters. The van der Waals surface area contributed by atoms with E-state index in [0.717, 1.165) is 7.11 Å². The van der Waals surface area contributed by atoms with Gasteiger partial charge in [-0.2, -0.15) is 0 Å². The van der Waals surface area contributed by atoms with Crippen molar-refractivity contribution in [2.24, 2.45) is 0 Å². The van der Waals surface area contributed by atoms with Gasteiger partial charge in [-0.15, -0.1) is 12.4 Å². The van der Waals surface area contributed by atoms with E-state index < -0.39 is 19.7 Å². The fraction of sp³-hybridized carbons (Fsp3) is 1.00. The third-order valence-electron chi connectivity index (χ3n) is 0.669. The van der Waals surface area contributed by atoms with Crippen LogP contribution in [0.5, 0.6) is 0 Å². The normalized spacial score (nSPS) is 16.4. The quantitative estimate of drug-likeness (QED) is 0.571. The molecule has 0 radical (unpaired) electrons. The van der Waals surface area contributed by atoms with Crippen LogP contribution in [0, 0.1) is 0 Å². The number of methoxy groups -OCH3 is 1. The number of halogens is 3. The lowest BCUT2D eigenvalue weighted by molar-refractivity contribution is -0.0420. The van der Waals surface area contributed by atoms with Gasteiger partial charge in [-0.05, 0) is 0 Å². The Labute approximate surface area is 79.5 Å². The van der Waals surface area contributed by atoms with Gasteiger partial charge in [0.15, 0.2) is 5.56 Å². The first-order chi connectivity index (χ1) is 4.87. The van der Waals surface area contributed by atoms with Crippen LogP contribution in [0.15, 0.2) is 0 Å². The second-order valence-corrected chi connectivity index (χ2v) is 3.16. The van der Waals surface area contributed by atoms with Gasteiger partial charge in [0.1, 0.15) is 0 Å². The van der Waals surface area contributed by atoms with Gasteiger partial charge in [0.25, 0.3) is 0 Å². The van der Waals surface area contributed by atoms with Crippen molar-refractivity contribution in [3.63, 3.8) is 0 Å². The zero-order chi connectivity index (χ0) is 9.07. The van der Waals surface area contributed by atoms with E-state index in [2.05, 4.69) is 9.26 Å². The second kappa shape index (κ2) is 6.10. The first-order valence-corrected chi connectivity index (χ1v) is 4.38. The number of hydrogen-bond donors (Lipinski definition) is 2. The Morgan fingerprint density at radius 3 is 2.25 bits per heavy atom. The van der Waals surface area contributed by atoms with Gasteiger partial charge in [0.2, 0.25) is 6.36 Å². The van der Waals surface area contributed by atoms with E-state index in [1.807, 2.05) is 0 Å². The average Bonchev–Trinajstić information content (AvgIpc) is 1.82. The van der Waals surface area contributed by atoms with E-state index in [1.165, 1.54) is 0 Å². The molecule has 0 saturated heterocycles. The monoisotopic (exact) mass is 244 g/mol. The van der Waals surface area contributed by atoms with E-state index >= 15 is 0 Å². The molecule has 9 heteroatoms. The predicted octanol–water partition coefficient (Wildman–Crippen LogP) is 1.02. The van der Waals surface area contributed by atoms with Crippen LogP contribution in [-0.2, 0) is 13.8 Å². The molecule has 0 amide bonds. The topological polar surface area (TPSA) is 76.0 Å². The molecule has 0 bridgehead atoms. The maximum absolute atomic E-state index is 12.3. The maximum Gasteiger partial charge on any atom is 0.472 e. The van der Waals surface area contributed by atoms with Crippen molar-refractivity contribution in [2.45, 2.75) is 11.9 Å². The van der Waals surface area contributed by atoms with Gasteiger partial charge in [-0.1, -0.05) is 11.6 Å². The summed E-state index contributed by atoms with van der Waals surface area (Å²) in [7, 11) is -3.75. The fourth-order valence-electron chi connectivity index (χ4n) is 0.286. The SMILES string of the molecule is COC(Cl)C(F)OP(=O)(O)O.Cl. The van der Waals surface area contributed by atoms with Crippen LogP contribution in [0.2, 0.25) is 0 Å². The van der Waals surface area contributed by atoms with Crippen molar-refractivity contribution in [1.82, 2.24) is 0 Å². The van der Waals surface area contributed by atoms with E-state index in [0.29, 0.717) is 0 Å². The van der Waals surface area contributed by atoms with Gasteiger partial charge in [-0.3, -0.25) is 0 Å². The molecule has 0 fully saturated rings. The Kier molecular flexibility index (Phi) is 7.66. The first kappa shape index (κ1) is 15.1. The third-order valence-corrected chi connectivity index (χ3v) is 1.52. The standard InChI is InChI=1S/C3H7ClFO5P.ClH/c1-9-2(4)3(5)10-11(6,7)8;/h2-3H,1H3,(H2,6,7,8);1H. The van der Waals surface area contributed by atoms with Crippen molar-refractivity contribution in [3.05, 3.63) is 0 Å². The minimum Gasteiger partial charge on any atom is -0.360 e. The Hall–Kier alpha value is 0.580. The summed E-state index contributed by atoms with van der Waals surface area (Å²) < 4.78 is 30.0. The highest BCUT2D eigenvalue weighted by molar-refractivity contribution is 7.46. The Morgan fingerprint density at radius 2 is 2.00 bits per heavy atom. The summed E-state index contributed by atoms with van der Waals surface area (Å²) in [4.78, 5) is 16.1. The minimum atomic E-state index is -4.83. The third kappa shape index (κ3) is 7.24. The van der Waals surface area contributed by atoms with Gasteiger partial charge < -0.3 is 14.5 Å². The highest BCUT2D eigenvalue weighted by Crippen LogP contribution is 2.39. The first-order valence-electron chi connectivity index (χ1n) is 2.41. The highest BCUT2D eigenvalue weighted by Gasteiger charge is 2.27. The van der Waals surface area contributed by atoms with E-state index in [4.69, 9.17) is 21.4 Å². The predicted molar refractivity (Wildman–Crippen MR) is 41.9 cm³/mol. The molecular weight excluding hydrogens is 237 g/mol. The molecule has 0 aromatic carbocycles. The molecule has 0 aromatic heterocycles. The summed E-state index contributed by atoms with van der Waals surface area (Å²) in [5.41, 5.74) is -1.53. The lowest BCUT2D eigenvalue weighted by Crippen LogP contribution is -2.20. The van der Waals surface area contributed by atoms with E-state index in [-0.39, 0.29) is 12.4 Å². The molecule has 0 spiro atoms. The van der Waals surface area contributed by atoms with Crippen LogP contribution in [0.3, 0.4) is 0 Å². The van der Waals surface area contributed by atoms with Crippen molar-refractivity contribution < 1.29 is 28.0 Å². The van der Waals surface area contributed by atoms with Gasteiger partial charge in [-0.25, -0.2) is 13.5 Å². The molecule has 5 nitrogen and oxygen atoms in total. The summed E-state index contributed by atoms with van der Waals surface area (Å²) >= 11 is 5.06. The molecule has 76 valence electrons. The maximum atomic E-state index is 12.3. The van der Waals surface area contributed by atoms with Crippen LogP contribution >= 0.6 is 31.8 Å². The number of rotatable bonds is 4. The van der Waals surface area contributed by atoms with Gasteiger partial charge >= 0.3 is 7.82 Å². The average molecular weight is 245 g/mol. The summed E-state index contributed by atoms with van der Waals surface area (Å²) in [5, 5.41) is 0. The number of phosphoric ester groups is 1. The second-order valence-electron chi connectivity index (χ2n) is 1.53. The lowest BCUT2D eigenvalue weighted by Gasteiger charge is -2.13. The molecule has 2 N–H and O–H groups in total. The number of alkyl halides is 2. The fourth-order valence-corrected chi connectivity index (χ4v) is 0.782. The zero-order valence-corrected chi connectivity index (χ0v) is 8.35. The van der Waals surface area contributed by atoms with Crippen molar-refractivity contribution in [1.29, 1.82) is 0 Å². The number of phosphoric acid groups is 1. The van der Waals surface area contributed by atoms with Crippen LogP contribution in [0.4, 0.5) is 4.39 Å². The molecule has 0 saturated carbocycles. The van der Waals surface area contributed by atoms with Crippen LogP contribution in [-0.4, -0.2) is 28.8 Å². The van der Waals surface area contributed by atoms with Crippen LogP contribution in [0.1, 0.15) is 0 Å².